The summed E-state index contributed by atoms with van der Waals surface area (Å²) >= 11 is 1.25. The first-order chi connectivity index (χ1) is 18.0. The van der Waals surface area contributed by atoms with Crippen LogP contribution in [0.25, 0.3) is 6.08 Å². The fourth-order valence-corrected chi connectivity index (χ4v) is 4.43. The molecule has 9 heteroatoms. The maximum atomic E-state index is 13.4. The molecule has 0 unspecified atom stereocenters. The minimum absolute atomic E-state index is 0.188. The second-order valence-corrected chi connectivity index (χ2v) is 9.57. The van der Waals surface area contributed by atoms with Crippen molar-refractivity contribution in [2.45, 2.75) is 20.4 Å². The number of amidine groups is 1. The number of carbonyl (C=O) groups excluding carboxylic acids is 1. The number of thioether (sulfide) groups is 1. The van der Waals surface area contributed by atoms with Crippen LogP contribution in [0.2, 0.25) is 0 Å². The van der Waals surface area contributed by atoms with Crippen LogP contribution in [-0.4, -0.2) is 43.0 Å². The van der Waals surface area contributed by atoms with Gasteiger partial charge in [0.25, 0.3) is 5.91 Å². The molecule has 2 heterocycles. The number of methoxy groups -OCH3 is 2. The van der Waals surface area contributed by atoms with Crippen molar-refractivity contribution in [3.05, 3.63) is 82.7 Å². The Bertz CT molecular complexity index is 1320. The summed E-state index contributed by atoms with van der Waals surface area (Å²) in [5.41, 5.74) is 1.59. The summed E-state index contributed by atoms with van der Waals surface area (Å²) in [6, 6.07) is 16.7. The van der Waals surface area contributed by atoms with Gasteiger partial charge in [-0.05, 0) is 65.7 Å². The van der Waals surface area contributed by atoms with Crippen LogP contribution in [0, 0.1) is 5.92 Å². The molecule has 4 rings (SSSR count). The fraction of sp³-hybridized carbons (Fsp3) is 0.250. The van der Waals surface area contributed by atoms with Crippen LogP contribution < -0.4 is 14.2 Å². The lowest BCUT2D eigenvalue weighted by Crippen LogP contribution is -2.28. The molecule has 0 saturated carbocycles. The van der Waals surface area contributed by atoms with Gasteiger partial charge in [-0.3, -0.25) is 9.69 Å². The van der Waals surface area contributed by atoms with E-state index in [9.17, 15) is 4.79 Å². The van der Waals surface area contributed by atoms with Crippen molar-refractivity contribution in [1.29, 1.82) is 0 Å². The first-order valence-corrected chi connectivity index (χ1v) is 12.6. The third-order valence-electron chi connectivity index (χ3n) is 5.32. The average Bonchev–Trinajstić information content (AvgIpc) is 3.52. The molecule has 0 aliphatic carbocycles. The number of carbonyl (C=O) groups is 1. The largest absolute Gasteiger partial charge is 0.496 e. The lowest BCUT2D eigenvalue weighted by molar-refractivity contribution is -0.122. The van der Waals surface area contributed by atoms with E-state index in [0.717, 1.165) is 11.1 Å². The van der Waals surface area contributed by atoms with Gasteiger partial charge in [0, 0.05) is 5.56 Å². The minimum atomic E-state index is -0.188. The highest BCUT2D eigenvalue weighted by Crippen LogP contribution is 2.36. The summed E-state index contributed by atoms with van der Waals surface area (Å²) in [5.74, 6) is 2.80. The number of nitrogens with zero attached hydrogens (tertiary/aromatic N) is 3. The number of hydrogen-bond acceptors (Lipinski definition) is 8. The monoisotopic (exact) mass is 519 g/mol. The Morgan fingerprint density at radius 2 is 1.84 bits per heavy atom. The van der Waals surface area contributed by atoms with Gasteiger partial charge in [-0.1, -0.05) is 32.0 Å². The molecule has 1 fully saturated rings. The summed E-state index contributed by atoms with van der Waals surface area (Å²) in [6.45, 7) is 5.00. The Kier molecular flexibility index (Phi) is 8.68. The Balaban J connectivity index is 1.61. The van der Waals surface area contributed by atoms with E-state index >= 15 is 0 Å². The fourth-order valence-electron chi connectivity index (χ4n) is 3.49. The lowest BCUT2D eigenvalue weighted by Gasteiger charge is -2.13. The number of benzene rings is 2. The van der Waals surface area contributed by atoms with E-state index in [1.807, 2.05) is 54.6 Å². The van der Waals surface area contributed by atoms with Crippen molar-refractivity contribution in [3.8, 4) is 17.2 Å². The number of hydrogen-bond donors (Lipinski definition) is 0. The third kappa shape index (κ3) is 6.62. The van der Waals surface area contributed by atoms with Crippen molar-refractivity contribution in [1.82, 2.24) is 4.90 Å². The highest BCUT2D eigenvalue weighted by atomic mass is 32.2. The summed E-state index contributed by atoms with van der Waals surface area (Å²) in [5, 5.41) is 9.04. The maximum Gasteiger partial charge on any atom is 0.267 e. The Hall–Kier alpha value is -3.98. The van der Waals surface area contributed by atoms with Crippen molar-refractivity contribution in [2.75, 3.05) is 20.8 Å². The normalized spacial score (nSPS) is 15.9. The van der Waals surface area contributed by atoms with Gasteiger partial charge < -0.3 is 18.6 Å². The van der Waals surface area contributed by atoms with Crippen molar-refractivity contribution < 1.29 is 23.4 Å². The summed E-state index contributed by atoms with van der Waals surface area (Å²) < 4.78 is 22.2. The molecular formula is C28H29N3O5S. The number of furan rings is 1. The zero-order valence-corrected chi connectivity index (χ0v) is 22.0. The molecule has 3 aromatic rings. The van der Waals surface area contributed by atoms with E-state index in [1.165, 1.54) is 11.8 Å². The first-order valence-electron chi connectivity index (χ1n) is 11.8. The van der Waals surface area contributed by atoms with E-state index in [2.05, 4.69) is 24.1 Å². The molecule has 0 N–H and O–H groups in total. The molecule has 2 aromatic carbocycles. The summed E-state index contributed by atoms with van der Waals surface area (Å²) in [4.78, 5) is 15.4. The molecule has 0 radical (unpaired) electrons. The lowest BCUT2D eigenvalue weighted by atomic mass is 10.1. The Morgan fingerprint density at radius 3 is 2.57 bits per heavy atom. The van der Waals surface area contributed by atoms with Gasteiger partial charge in [-0.15, -0.1) is 5.10 Å². The zero-order chi connectivity index (χ0) is 26.2. The Labute approximate surface area is 220 Å². The molecule has 192 valence electrons. The second kappa shape index (κ2) is 12.3. The molecule has 1 aromatic heterocycles. The zero-order valence-electron chi connectivity index (χ0n) is 21.2. The second-order valence-electron chi connectivity index (χ2n) is 8.57. The average molecular weight is 520 g/mol. The molecule has 1 amide bonds. The van der Waals surface area contributed by atoms with Crippen LogP contribution in [0.1, 0.15) is 30.7 Å². The third-order valence-corrected chi connectivity index (χ3v) is 6.32. The van der Waals surface area contributed by atoms with E-state index < -0.39 is 0 Å². The number of para-hydroxylation sites is 1. The van der Waals surface area contributed by atoms with Crippen LogP contribution in [0.15, 0.2) is 80.4 Å². The van der Waals surface area contributed by atoms with Crippen LogP contribution in [-0.2, 0) is 11.3 Å². The SMILES string of the molecule is COc1ccccc1/C=N/N=C1\S/C(=C\c2ccc(OCC(C)C)c(OC)c2)C(=O)N1Cc1ccco1. The van der Waals surface area contributed by atoms with Crippen molar-refractivity contribution in [2.24, 2.45) is 16.1 Å². The minimum Gasteiger partial charge on any atom is -0.496 e. The first kappa shape index (κ1) is 26.1. The topological polar surface area (TPSA) is 85.9 Å². The van der Waals surface area contributed by atoms with Crippen molar-refractivity contribution in [3.63, 3.8) is 0 Å². The van der Waals surface area contributed by atoms with E-state index in [0.29, 0.717) is 45.6 Å². The Morgan fingerprint density at radius 1 is 1.03 bits per heavy atom. The van der Waals surface area contributed by atoms with E-state index in [4.69, 9.17) is 18.6 Å². The van der Waals surface area contributed by atoms with E-state index in [1.54, 1.807) is 37.7 Å². The van der Waals surface area contributed by atoms with Crippen LogP contribution in [0.5, 0.6) is 17.2 Å². The standard InChI is InChI=1S/C28H29N3O5S/c1-19(2)18-36-24-12-11-20(14-25(24)34-4)15-26-27(32)31(17-22-9-7-13-35-22)28(37-26)30-29-16-21-8-5-6-10-23(21)33-3/h5-16,19H,17-18H2,1-4H3/b26-15-,29-16+,30-28-. The van der Waals surface area contributed by atoms with Gasteiger partial charge in [0.05, 0.1) is 44.8 Å². The van der Waals surface area contributed by atoms with Gasteiger partial charge in [-0.2, -0.15) is 5.10 Å². The van der Waals surface area contributed by atoms with Gasteiger partial charge in [0.2, 0.25) is 0 Å². The molecule has 0 spiro atoms. The number of ether oxygens (including phenoxy) is 3. The predicted octanol–water partition coefficient (Wildman–Crippen LogP) is 5.84. The number of amides is 1. The predicted molar refractivity (Wildman–Crippen MR) is 146 cm³/mol. The quantitative estimate of drug-likeness (QED) is 0.190. The molecule has 1 saturated heterocycles. The molecular weight excluding hydrogens is 490 g/mol. The highest BCUT2D eigenvalue weighted by molar-refractivity contribution is 8.18. The van der Waals surface area contributed by atoms with E-state index in [-0.39, 0.29) is 12.5 Å². The number of rotatable bonds is 10. The summed E-state index contributed by atoms with van der Waals surface area (Å²) in [7, 11) is 3.20. The molecule has 37 heavy (non-hydrogen) atoms. The van der Waals surface area contributed by atoms with Gasteiger partial charge >= 0.3 is 0 Å². The highest BCUT2D eigenvalue weighted by Gasteiger charge is 2.34. The van der Waals surface area contributed by atoms with Crippen molar-refractivity contribution >= 4 is 35.1 Å². The molecule has 1 aliphatic rings. The van der Waals surface area contributed by atoms with Crippen LogP contribution in [0.4, 0.5) is 0 Å². The van der Waals surface area contributed by atoms with Gasteiger partial charge in [0.1, 0.15) is 11.5 Å². The smallest absolute Gasteiger partial charge is 0.267 e. The molecule has 0 bridgehead atoms. The summed E-state index contributed by atoms with van der Waals surface area (Å²) in [6.07, 6.45) is 4.99. The molecule has 8 nitrogen and oxygen atoms in total. The van der Waals surface area contributed by atoms with Crippen LogP contribution in [0.3, 0.4) is 0 Å². The van der Waals surface area contributed by atoms with Gasteiger partial charge in [0.15, 0.2) is 16.7 Å². The molecule has 1 aliphatic heterocycles. The van der Waals surface area contributed by atoms with Crippen LogP contribution >= 0.6 is 11.8 Å². The molecule has 0 atom stereocenters. The van der Waals surface area contributed by atoms with Gasteiger partial charge in [-0.25, -0.2) is 0 Å². The maximum absolute atomic E-state index is 13.4.